The number of nitrogens with one attached hydrogen (secondary N) is 1. The number of carbonyl (C=O) groups excluding carboxylic acids is 2. The summed E-state index contributed by atoms with van der Waals surface area (Å²) in [6.07, 6.45) is 6.54. The van der Waals surface area contributed by atoms with Crippen LogP contribution < -0.4 is 5.32 Å². The summed E-state index contributed by atoms with van der Waals surface area (Å²) in [7, 11) is 0. The Labute approximate surface area is 101 Å². The summed E-state index contributed by atoms with van der Waals surface area (Å²) in [5.41, 5.74) is 0.521. The quantitative estimate of drug-likeness (QED) is 0.624. The van der Waals surface area contributed by atoms with Crippen molar-refractivity contribution in [3.63, 3.8) is 0 Å². The molecule has 0 fully saturated rings. The fourth-order valence-corrected chi connectivity index (χ4v) is 1.91. The van der Waals surface area contributed by atoms with Crippen molar-refractivity contribution in [2.75, 3.05) is 0 Å². The lowest BCUT2D eigenvalue weighted by molar-refractivity contribution is -0.124. The molecule has 1 aliphatic carbocycles. The molecule has 1 N–H and O–H groups in total. The van der Waals surface area contributed by atoms with Gasteiger partial charge in [0.25, 0.3) is 5.91 Å². The average molecular weight is 229 g/mol. The van der Waals surface area contributed by atoms with E-state index >= 15 is 0 Å². The number of imide groups is 1. The number of rotatable bonds is 2. The molecule has 3 nitrogen and oxygen atoms in total. The molecule has 0 saturated carbocycles. The van der Waals surface area contributed by atoms with Crippen LogP contribution in [0.15, 0.2) is 42.5 Å². The van der Waals surface area contributed by atoms with Gasteiger partial charge < -0.3 is 0 Å². The van der Waals surface area contributed by atoms with E-state index in [2.05, 4.69) is 11.4 Å². The Kier molecular flexibility index (Phi) is 3.70. The molecular weight excluding hydrogens is 214 g/mol. The Morgan fingerprint density at radius 2 is 1.88 bits per heavy atom. The predicted octanol–water partition coefficient (Wildman–Crippen LogP) is 2.30. The Bertz CT molecular complexity index is 437. The number of hydrogen-bond donors (Lipinski definition) is 1. The van der Waals surface area contributed by atoms with Gasteiger partial charge >= 0.3 is 0 Å². The van der Waals surface area contributed by atoms with E-state index in [9.17, 15) is 9.59 Å². The average Bonchev–Trinajstić information content (AvgIpc) is 2.40. The Morgan fingerprint density at radius 3 is 2.53 bits per heavy atom. The summed E-state index contributed by atoms with van der Waals surface area (Å²) in [4.78, 5) is 23.6. The third-order valence-corrected chi connectivity index (χ3v) is 2.91. The molecule has 1 aliphatic rings. The molecule has 2 amide bonds. The van der Waals surface area contributed by atoms with Crippen molar-refractivity contribution >= 4 is 11.8 Å². The minimum absolute atomic E-state index is 0.0623. The molecule has 1 unspecified atom stereocenters. The highest BCUT2D eigenvalue weighted by molar-refractivity contribution is 6.05. The van der Waals surface area contributed by atoms with Crippen molar-refractivity contribution in [1.82, 2.24) is 5.32 Å². The Hall–Kier alpha value is -1.90. The third-order valence-electron chi connectivity index (χ3n) is 2.91. The van der Waals surface area contributed by atoms with E-state index in [4.69, 9.17) is 0 Å². The van der Waals surface area contributed by atoms with Gasteiger partial charge in [-0.05, 0) is 31.4 Å². The molecule has 1 aromatic carbocycles. The SMILES string of the molecule is O=C(NC(=O)C1CC=CCC1)c1ccccc1. The van der Waals surface area contributed by atoms with Crippen LogP contribution in [0.2, 0.25) is 0 Å². The summed E-state index contributed by atoms with van der Waals surface area (Å²) in [5, 5.41) is 2.45. The number of hydrogen-bond acceptors (Lipinski definition) is 2. The predicted molar refractivity (Wildman–Crippen MR) is 65.4 cm³/mol. The highest BCUT2D eigenvalue weighted by atomic mass is 16.2. The summed E-state index contributed by atoms with van der Waals surface area (Å²) < 4.78 is 0. The van der Waals surface area contributed by atoms with E-state index in [1.165, 1.54) is 0 Å². The smallest absolute Gasteiger partial charge is 0.257 e. The maximum Gasteiger partial charge on any atom is 0.257 e. The molecule has 1 aromatic rings. The van der Waals surface area contributed by atoms with Gasteiger partial charge in [-0.25, -0.2) is 0 Å². The van der Waals surface area contributed by atoms with Gasteiger partial charge in [0.1, 0.15) is 0 Å². The van der Waals surface area contributed by atoms with Gasteiger partial charge in [-0.2, -0.15) is 0 Å². The van der Waals surface area contributed by atoms with E-state index in [0.29, 0.717) is 5.56 Å². The van der Waals surface area contributed by atoms with E-state index < -0.39 is 0 Å². The van der Waals surface area contributed by atoms with Gasteiger partial charge in [0.05, 0.1) is 0 Å². The van der Waals surface area contributed by atoms with Crippen molar-refractivity contribution in [2.24, 2.45) is 5.92 Å². The van der Waals surface area contributed by atoms with E-state index in [-0.39, 0.29) is 17.7 Å². The molecule has 0 spiro atoms. The molecule has 17 heavy (non-hydrogen) atoms. The second kappa shape index (κ2) is 5.43. The van der Waals surface area contributed by atoms with Crippen LogP contribution in [0.1, 0.15) is 29.6 Å². The van der Waals surface area contributed by atoms with E-state index in [0.717, 1.165) is 19.3 Å². The minimum Gasteiger partial charge on any atom is -0.292 e. The molecule has 0 aliphatic heterocycles. The fourth-order valence-electron chi connectivity index (χ4n) is 1.91. The zero-order chi connectivity index (χ0) is 12.1. The van der Waals surface area contributed by atoms with Gasteiger partial charge in [-0.1, -0.05) is 30.4 Å². The van der Waals surface area contributed by atoms with Gasteiger partial charge in [-0.15, -0.1) is 0 Å². The zero-order valence-electron chi connectivity index (χ0n) is 9.56. The molecule has 0 radical (unpaired) electrons. The zero-order valence-corrected chi connectivity index (χ0v) is 9.56. The molecule has 0 saturated heterocycles. The molecule has 88 valence electrons. The minimum atomic E-state index is -0.315. The van der Waals surface area contributed by atoms with Gasteiger partial charge in [0, 0.05) is 11.5 Å². The normalized spacial score (nSPS) is 18.7. The first kappa shape index (κ1) is 11.6. The fraction of sp³-hybridized carbons (Fsp3) is 0.286. The van der Waals surface area contributed by atoms with Crippen molar-refractivity contribution in [3.05, 3.63) is 48.0 Å². The van der Waals surface area contributed by atoms with Crippen molar-refractivity contribution < 1.29 is 9.59 Å². The van der Waals surface area contributed by atoms with Crippen molar-refractivity contribution in [2.45, 2.75) is 19.3 Å². The lowest BCUT2D eigenvalue weighted by Crippen LogP contribution is -2.36. The van der Waals surface area contributed by atoms with Crippen LogP contribution in [0.4, 0.5) is 0 Å². The van der Waals surface area contributed by atoms with Crippen LogP contribution >= 0.6 is 0 Å². The first-order valence-corrected chi connectivity index (χ1v) is 5.82. The highest BCUT2D eigenvalue weighted by Gasteiger charge is 2.20. The van der Waals surface area contributed by atoms with Gasteiger partial charge in [-0.3, -0.25) is 14.9 Å². The topological polar surface area (TPSA) is 46.2 Å². The lowest BCUT2D eigenvalue weighted by Gasteiger charge is -2.16. The first-order valence-electron chi connectivity index (χ1n) is 5.82. The van der Waals surface area contributed by atoms with Crippen LogP contribution in [0.5, 0.6) is 0 Å². The molecule has 0 bridgehead atoms. The maximum absolute atomic E-state index is 11.8. The molecule has 0 heterocycles. The number of carbonyl (C=O) groups is 2. The highest BCUT2D eigenvalue weighted by Crippen LogP contribution is 2.18. The second-order valence-corrected chi connectivity index (χ2v) is 4.17. The largest absolute Gasteiger partial charge is 0.292 e. The monoisotopic (exact) mass is 229 g/mol. The van der Waals surface area contributed by atoms with Crippen LogP contribution in [0.25, 0.3) is 0 Å². The molecule has 0 aromatic heterocycles. The second-order valence-electron chi connectivity index (χ2n) is 4.17. The number of amides is 2. The maximum atomic E-state index is 11.8. The summed E-state index contributed by atoms with van der Waals surface area (Å²) in [6, 6.07) is 8.79. The first-order chi connectivity index (χ1) is 8.27. The standard InChI is InChI=1S/C14H15NO2/c16-13(11-7-3-1-4-8-11)15-14(17)12-9-5-2-6-10-12/h1-5,7-8,12H,6,9-10H2,(H,15,16,17). The Balaban J connectivity index is 1.95. The lowest BCUT2D eigenvalue weighted by atomic mass is 9.93. The molecule has 2 rings (SSSR count). The summed E-state index contributed by atoms with van der Waals surface area (Å²) >= 11 is 0. The molecule has 3 heteroatoms. The van der Waals surface area contributed by atoms with Crippen molar-refractivity contribution in [1.29, 1.82) is 0 Å². The van der Waals surface area contributed by atoms with Gasteiger partial charge in [0.2, 0.25) is 5.91 Å². The van der Waals surface area contributed by atoms with E-state index in [1.807, 2.05) is 12.1 Å². The van der Waals surface area contributed by atoms with Gasteiger partial charge in [0.15, 0.2) is 0 Å². The van der Waals surface area contributed by atoms with Crippen LogP contribution in [0.3, 0.4) is 0 Å². The van der Waals surface area contributed by atoms with Crippen LogP contribution in [-0.2, 0) is 4.79 Å². The Morgan fingerprint density at radius 1 is 1.12 bits per heavy atom. The third kappa shape index (κ3) is 3.03. The molecule has 1 atom stereocenters. The molecular formula is C14H15NO2. The van der Waals surface area contributed by atoms with Crippen LogP contribution in [0, 0.1) is 5.92 Å². The number of benzene rings is 1. The number of allylic oxidation sites excluding steroid dienone is 2. The van der Waals surface area contributed by atoms with E-state index in [1.54, 1.807) is 24.3 Å². The van der Waals surface area contributed by atoms with Crippen molar-refractivity contribution in [3.8, 4) is 0 Å². The summed E-state index contributed by atoms with van der Waals surface area (Å²) in [5.74, 6) is -0.541. The summed E-state index contributed by atoms with van der Waals surface area (Å²) in [6.45, 7) is 0. The van der Waals surface area contributed by atoms with Crippen LogP contribution in [-0.4, -0.2) is 11.8 Å².